The topological polar surface area (TPSA) is 92.9 Å². The van der Waals surface area contributed by atoms with Gasteiger partial charge in [0.2, 0.25) is 11.7 Å². The summed E-state index contributed by atoms with van der Waals surface area (Å²) in [5, 5.41) is 12.7. The predicted molar refractivity (Wildman–Crippen MR) is 113 cm³/mol. The van der Waals surface area contributed by atoms with Crippen molar-refractivity contribution < 1.29 is 37.1 Å². The quantitative estimate of drug-likeness (QED) is 0.481. The van der Waals surface area contributed by atoms with E-state index in [2.05, 4.69) is 9.68 Å². The van der Waals surface area contributed by atoms with Gasteiger partial charge in [-0.15, -0.1) is 0 Å². The molecule has 174 valence electrons. The van der Waals surface area contributed by atoms with Crippen molar-refractivity contribution in [3.63, 3.8) is 0 Å². The lowest BCUT2D eigenvalue weighted by Crippen LogP contribution is -2.28. The lowest BCUT2D eigenvalue weighted by molar-refractivity contribution is -0.154. The summed E-state index contributed by atoms with van der Waals surface area (Å²) in [4.78, 5) is 25.1. The number of aryl methyl sites for hydroxylation is 1. The molecule has 1 aliphatic rings. The highest BCUT2D eigenvalue weighted by atomic mass is 19.4. The average molecular weight is 462 g/mol. The summed E-state index contributed by atoms with van der Waals surface area (Å²) in [5.74, 6) is -1.86. The van der Waals surface area contributed by atoms with E-state index in [1.165, 1.54) is 24.3 Å². The number of hydrogen-bond acceptors (Lipinski definition) is 5. The lowest BCUT2D eigenvalue weighted by Gasteiger charge is -2.18. The molecule has 0 radical (unpaired) electrons. The van der Waals surface area contributed by atoms with E-state index in [9.17, 15) is 22.8 Å². The van der Waals surface area contributed by atoms with E-state index in [0.717, 1.165) is 0 Å². The number of hydrogen-bond donors (Lipinski definition) is 1. The third-order valence-electron chi connectivity index (χ3n) is 5.51. The Morgan fingerprint density at radius 2 is 2.06 bits per heavy atom. The number of ether oxygens (including phenoxy) is 1. The number of alkyl halides is 3. The zero-order chi connectivity index (χ0) is 23.8. The first-order chi connectivity index (χ1) is 15.7. The molecule has 0 bridgehead atoms. The summed E-state index contributed by atoms with van der Waals surface area (Å²) in [6.45, 7) is 2.50. The minimum absolute atomic E-state index is 0.0988. The van der Waals surface area contributed by atoms with Crippen molar-refractivity contribution in [3.8, 4) is 5.75 Å². The summed E-state index contributed by atoms with van der Waals surface area (Å²) < 4.78 is 49.8. The summed E-state index contributed by atoms with van der Waals surface area (Å²) in [6.07, 6.45) is -2.86. The highest BCUT2D eigenvalue weighted by Crippen LogP contribution is 2.38. The Bertz CT molecular complexity index is 1220. The van der Waals surface area contributed by atoms with Crippen LogP contribution in [0, 0.1) is 0 Å². The maximum atomic E-state index is 13.1. The maximum Gasteiger partial charge on any atom is 0.453 e. The second-order valence-corrected chi connectivity index (χ2v) is 7.77. The minimum Gasteiger partial charge on any atom is -0.493 e. The number of carbonyl (C=O) groups excluding carboxylic acids is 1. The largest absolute Gasteiger partial charge is 0.493 e. The molecule has 1 aliphatic heterocycles. The van der Waals surface area contributed by atoms with Gasteiger partial charge in [0.05, 0.1) is 24.0 Å². The van der Waals surface area contributed by atoms with Crippen LogP contribution in [-0.2, 0) is 23.8 Å². The number of fused-ring (bicyclic) bond motifs is 2. The van der Waals surface area contributed by atoms with Crippen LogP contribution in [0.1, 0.15) is 47.0 Å². The minimum atomic E-state index is -4.63. The van der Waals surface area contributed by atoms with E-state index in [1.807, 2.05) is 6.92 Å². The van der Waals surface area contributed by atoms with Crippen LogP contribution in [0.2, 0.25) is 0 Å². The van der Waals surface area contributed by atoms with Crippen molar-refractivity contribution in [2.75, 3.05) is 18.1 Å². The molecule has 0 saturated heterocycles. The zero-order valence-electron chi connectivity index (χ0n) is 17.7. The van der Waals surface area contributed by atoms with Crippen LogP contribution in [-0.4, -0.2) is 35.3 Å². The van der Waals surface area contributed by atoms with Gasteiger partial charge in [-0.3, -0.25) is 4.79 Å². The zero-order valence-corrected chi connectivity index (χ0v) is 17.7. The molecule has 0 fully saturated rings. The summed E-state index contributed by atoms with van der Waals surface area (Å²) in [6, 6.07) is 7.38. The Kier molecular flexibility index (Phi) is 6.01. The van der Waals surface area contributed by atoms with Gasteiger partial charge in [0.25, 0.3) is 0 Å². The van der Waals surface area contributed by atoms with Crippen molar-refractivity contribution in [2.24, 2.45) is 0 Å². The molecule has 1 amide bonds. The van der Waals surface area contributed by atoms with Crippen molar-refractivity contribution in [1.82, 2.24) is 5.16 Å². The van der Waals surface area contributed by atoms with E-state index in [-0.39, 0.29) is 35.4 Å². The number of anilines is 1. The van der Waals surface area contributed by atoms with E-state index in [1.54, 1.807) is 11.0 Å². The third kappa shape index (κ3) is 4.37. The van der Waals surface area contributed by atoms with Crippen molar-refractivity contribution in [3.05, 3.63) is 52.8 Å². The number of carboxylic acids is 1. The second-order valence-electron chi connectivity index (χ2n) is 7.77. The molecule has 0 atom stereocenters. The van der Waals surface area contributed by atoms with Gasteiger partial charge in [-0.2, -0.15) is 13.2 Å². The molecule has 1 N–H and O–H groups in total. The monoisotopic (exact) mass is 462 g/mol. The standard InChI is InChI=1S/C23H21F3N2O5/c1-2-4-15-18(8-6-16-20(15)27-33-21(16)23(24,25)26)32-10-3-9-28-17-7-5-13(22(30)31)11-14(17)12-19(28)29/h5-8,11H,2-4,9-10,12H2,1H3,(H,30,31). The molecule has 1 aromatic heterocycles. The van der Waals surface area contributed by atoms with E-state index in [0.29, 0.717) is 48.4 Å². The normalized spacial score (nSPS) is 13.6. The Labute approximate surface area is 186 Å². The van der Waals surface area contributed by atoms with Crippen LogP contribution in [0.15, 0.2) is 34.9 Å². The number of carbonyl (C=O) groups is 2. The lowest BCUT2D eigenvalue weighted by atomic mass is 10.0. The van der Waals surface area contributed by atoms with Crippen LogP contribution in [0.25, 0.3) is 10.9 Å². The summed E-state index contributed by atoms with van der Waals surface area (Å²) in [5.41, 5.74) is 2.17. The molecule has 2 heterocycles. The summed E-state index contributed by atoms with van der Waals surface area (Å²) >= 11 is 0. The molecule has 0 unspecified atom stereocenters. The van der Waals surface area contributed by atoms with Gasteiger partial charge >= 0.3 is 12.1 Å². The Balaban J connectivity index is 1.45. The fourth-order valence-corrected chi connectivity index (χ4v) is 4.04. The van der Waals surface area contributed by atoms with Crippen LogP contribution in [0.3, 0.4) is 0 Å². The molecule has 0 spiro atoms. The smallest absolute Gasteiger partial charge is 0.453 e. The van der Waals surface area contributed by atoms with E-state index >= 15 is 0 Å². The third-order valence-corrected chi connectivity index (χ3v) is 5.51. The SMILES string of the molecule is CCCc1c(OCCCN2C(=O)Cc3cc(C(=O)O)ccc32)ccc2c(C(F)(F)F)onc12. The van der Waals surface area contributed by atoms with Gasteiger partial charge in [0, 0.05) is 17.8 Å². The number of halogens is 3. The molecule has 33 heavy (non-hydrogen) atoms. The highest BCUT2D eigenvalue weighted by molar-refractivity contribution is 6.02. The molecule has 0 aliphatic carbocycles. The molecule has 10 heteroatoms. The van der Waals surface area contributed by atoms with Crippen molar-refractivity contribution in [2.45, 2.75) is 38.8 Å². The predicted octanol–water partition coefficient (Wildman–Crippen LogP) is 4.86. The number of carboxylic acid groups (broad SMARTS) is 1. The van der Waals surface area contributed by atoms with E-state index < -0.39 is 17.9 Å². The van der Waals surface area contributed by atoms with Crippen LogP contribution < -0.4 is 9.64 Å². The number of amides is 1. The fourth-order valence-electron chi connectivity index (χ4n) is 4.04. The van der Waals surface area contributed by atoms with Crippen LogP contribution in [0.4, 0.5) is 18.9 Å². The van der Waals surface area contributed by atoms with Crippen LogP contribution >= 0.6 is 0 Å². The average Bonchev–Trinajstić information content (AvgIpc) is 3.32. The van der Waals surface area contributed by atoms with Gasteiger partial charge in [-0.05, 0) is 48.7 Å². The molecule has 4 rings (SSSR count). The first kappa shape index (κ1) is 22.6. The van der Waals surface area contributed by atoms with Gasteiger partial charge in [0.15, 0.2) is 0 Å². The second kappa shape index (κ2) is 8.76. The summed E-state index contributed by atoms with van der Waals surface area (Å²) in [7, 11) is 0. The number of nitrogens with zero attached hydrogens (tertiary/aromatic N) is 2. The first-order valence-electron chi connectivity index (χ1n) is 10.5. The Hall–Kier alpha value is -3.56. The number of aromatic nitrogens is 1. The Morgan fingerprint density at radius 3 is 2.76 bits per heavy atom. The maximum absolute atomic E-state index is 13.1. The molecule has 7 nitrogen and oxygen atoms in total. The molecular formula is C23H21F3N2O5. The molecule has 2 aromatic carbocycles. The Morgan fingerprint density at radius 1 is 1.27 bits per heavy atom. The van der Waals surface area contributed by atoms with Gasteiger partial charge in [-0.1, -0.05) is 18.5 Å². The van der Waals surface area contributed by atoms with Gasteiger partial charge in [0.1, 0.15) is 11.3 Å². The number of aromatic carboxylic acids is 1. The molecule has 3 aromatic rings. The van der Waals surface area contributed by atoms with E-state index in [4.69, 9.17) is 9.84 Å². The van der Waals surface area contributed by atoms with Crippen molar-refractivity contribution >= 4 is 28.5 Å². The molecular weight excluding hydrogens is 441 g/mol. The number of benzene rings is 2. The van der Waals surface area contributed by atoms with Gasteiger partial charge < -0.3 is 19.3 Å². The van der Waals surface area contributed by atoms with Crippen LogP contribution in [0.5, 0.6) is 5.75 Å². The highest BCUT2D eigenvalue weighted by Gasteiger charge is 2.38. The van der Waals surface area contributed by atoms with Gasteiger partial charge in [-0.25, -0.2) is 4.79 Å². The fraction of sp³-hybridized carbons (Fsp3) is 0.348. The van der Waals surface area contributed by atoms with Crippen molar-refractivity contribution in [1.29, 1.82) is 0 Å². The first-order valence-corrected chi connectivity index (χ1v) is 10.5. The molecule has 0 saturated carbocycles. The number of rotatable bonds is 8.